The predicted octanol–water partition coefficient (Wildman–Crippen LogP) is 0.890. The van der Waals surface area contributed by atoms with Gasteiger partial charge in [0.25, 0.3) is 0 Å². The van der Waals surface area contributed by atoms with E-state index in [9.17, 15) is 5.11 Å². The van der Waals surface area contributed by atoms with Crippen LogP contribution in [0, 0.1) is 0 Å². The Morgan fingerprint density at radius 1 is 1.37 bits per heavy atom. The molecule has 2 heterocycles. The number of nitrogens with zero attached hydrogens (tertiary/aromatic N) is 2. The van der Waals surface area contributed by atoms with Gasteiger partial charge in [0.2, 0.25) is 0 Å². The van der Waals surface area contributed by atoms with Gasteiger partial charge in [-0.1, -0.05) is 0 Å². The molecular weight excluding hydrogens is 244 g/mol. The molecule has 2 aliphatic rings. The third-order valence-corrected chi connectivity index (χ3v) is 3.73. The first kappa shape index (κ1) is 12.6. The molecule has 1 aliphatic heterocycles. The maximum atomic E-state index is 10.4. The van der Waals surface area contributed by atoms with E-state index in [1.165, 1.54) is 0 Å². The quantitative estimate of drug-likeness (QED) is 0.748. The summed E-state index contributed by atoms with van der Waals surface area (Å²) < 4.78 is 5.26. The van der Waals surface area contributed by atoms with Crippen molar-refractivity contribution in [3.05, 3.63) is 11.9 Å². The van der Waals surface area contributed by atoms with E-state index in [0.717, 1.165) is 18.7 Å². The van der Waals surface area contributed by atoms with Crippen LogP contribution < -0.4 is 11.1 Å². The first-order chi connectivity index (χ1) is 9.15. The van der Waals surface area contributed by atoms with Crippen molar-refractivity contribution in [2.75, 3.05) is 30.8 Å². The second kappa shape index (κ2) is 4.94. The zero-order valence-corrected chi connectivity index (χ0v) is 10.9. The van der Waals surface area contributed by atoms with Gasteiger partial charge in [0.15, 0.2) is 0 Å². The Morgan fingerprint density at radius 3 is 2.79 bits per heavy atom. The van der Waals surface area contributed by atoms with Crippen molar-refractivity contribution < 1.29 is 9.84 Å². The van der Waals surface area contributed by atoms with Crippen molar-refractivity contribution in [2.24, 2.45) is 0 Å². The Labute approximate surface area is 112 Å². The van der Waals surface area contributed by atoms with E-state index in [1.807, 2.05) is 0 Å². The van der Waals surface area contributed by atoms with Crippen molar-refractivity contribution in [1.29, 1.82) is 0 Å². The summed E-state index contributed by atoms with van der Waals surface area (Å²) in [6, 6.07) is 1.72. The number of rotatable bonds is 4. The number of hydrogen-bond donors (Lipinski definition) is 3. The molecule has 0 radical (unpaired) electrons. The lowest BCUT2D eigenvalue weighted by atomic mass is 9.94. The minimum atomic E-state index is -0.711. The van der Waals surface area contributed by atoms with Gasteiger partial charge in [0.1, 0.15) is 17.5 Å². The summed E-state index contributed by atoms with van der Waals surface area (Å²) in [5.41, 5.74) is 5.08. The number of aliphatic hydroxyl groups is 1. The van der Waals surface area contributed by atoms with Crippen LogP contribution in [0.4, 0.5) is 11.6 Å². The molecule has 0 spiro atoms. The normalized spacial score (nSPS) is 22.2. The molecule has 0 atom stereocenters. The van der Waals surface area contributed by atoms with Gasteiger partial charge in [-0.05, 0) is 12.8 Å². The van der Waals surface area contributed by atoms with Crippen LogP contribution in [0.2, 0.25) is 0 Å². The minimum absolute atomic E-state index is 0.468. The highest BCUT2D eigenvalue weighted by molar-refractivity contribution is 5.45. The van der Waals surface area contributed by atoms with E-state index < -0.39 is 5.60 Å². The average molecular weight is 264 g/mol. The molecule has 0 bridgehead atoms. The van der Waals surface area contributed by atoms with Crippen LogP contribution >= 0.6 is 0 Å². The fourth-order valence-corrected chi connectivity index (χ4v) is 2.28. The van der Waals surface area contributed by atoms with Crippen molar-refractivity contribution in [2.45, 2.75) is 37.2 Å². The molecule has 2 fully saturated rings. The van der Waals surface area contributed by atoms with Gasteiger partial charge in [-0.15, -0.1) is 0 Å². The molecular formula is C13H20N4O2. The Morgan fingerprint density at radius 2 is 2.11 bits per heavy atom. The van der Waals surface area contributed by atoms with Crippen LogP contribution in [0.25, 0.3) is 0 Å². The molecule has 0 amide bonds. The molecule has 0 unspecified atom stereocenters. The Kier molecular flexibility index (Phi) is 3.28. The summed E-state index contributed by atoms with van der Waals surface area (Å²) in [4.78, 5) is 8.72. The molecule has 1 saturated carbocycles. The van der Waals surface area contributed by atoms with Gasteiger partial charge in [0.05, 0.1) is 5.60 Å². The lowest BCUT2D eigenvalue weighted by Crippen LogP contribution is -2.42. The van der Waals surface area contributed by atoms with Crippen LogP contribution in [-0.4, -0.2) is 40.4 Å². The summed E-state index contributed by atoms with van der Waals surface area (Å²) in [5.74, 6) is 2.48. The topological polar surface area (TPSA) is 93.3 Å². The molecule has 1 aromatic rings. The van der Waals surface area contributed by atoms with Gasteiger partial charge in [0, 0.05) is 44.6 Å². The van der Waals surface area contributed by atoms with E-state index in [-0.39, 0.29) is 0 Å². The van der Waals surface area contributed by atoms with E-state index in [1.54, 1.807) is 6.07 Å². The Balaban J connectivity index is 1.65. The molecule has 1 aromatic heterocycles. The first-order valence-corrected chi connectivity index (χ1v) is 6.83. The van der Waals surface area contributed by atoms with Crippen molar-refractivity contribution in [3.8, 4) is 0 Å². The monoisotopic (exact) mass is 264 g/mol. The smallest absolute Gasteiger partial charge is 0.136 e. The third kappa shape index (κ3) is 3.13. The number of nitrogen functional groups attached to an aromatic ring is 1. The van der Waals surface area contributed by atoms with E-state index in [4.69, 9.17) is 10.5 Å². The summed E-state index contributed by atoms with van der Waals surface area (Å²) in [6.45, 7) is 1.69. The second-order valence-corrected chi connectivity index (χ2v) is 5.50. The second-order valence-electron chi connectivity index (χ2n) is 5.50. The molecule has 4 N–H and O–H groups in total. The zero-order chi connectivity index (χ0) is 13.3. The van der Waals surface area contributed by atoms with E-state index >= 15 is 0 Å². The van der Waals surface area contributed by atoms with Crippen molar-refractivity contribution in [1.82, 2.24) is 9.97 Å². The maximum absolute atomic E-state index is 10.4. The van der Waals surface area contributed by atoms with E-state index in [2.05, 4.69) is 15.3 Å². The summed E-state index contributed by atoms with van der Waals surface area (Å²) in [5, 5.41) is 13.6. The van der Waals surface area contributed by atoms with Crippen LogP contribution in [0.15, 0.2) is 6.07 Å². The van der Waals surface area contributed by atoms with Gasteiger partial charge >= 0.3 is 0 Å². The summed E-state index contributed by atoms with van der Waals surface area (Å²) in [7, 11) is 0. The standard InChI is InChI=1S/C13H20N4O2/c14-10-7-11(17-12(16-10)9-1-2-9)15-8-13(18)3-5-19-6-4-13/h7,9,18H,1-6,8H2,(H3,14,15,16,17). The number of nitrogens with one attached hydrogen (secondary N) is 1. The van der Waals surface area contributed by atoms with Crippen LogP contribution in [-0.2, 0) is 4.74 Å². The third-order valence-electron chi connectivity index (χ3n) is 3.73. The largest absolute Gasteiger partial charge is 0.388 e. The lowest BCUT2D eigenvalue weighted by Gasteiger charge is -2.32. The molecule has 0 aromatic carbocycles. The molecule has 1 aliphatic carbocycles. The van der Waals surface area contributed by atoms with Crippen molar-refractivity contribution >= 4 is 11.6 Å². The first-order valence-electron chi connectivity index (χ1n) is 6.83. The highest BCUT2D eigenvalue weighted by Gasteiger charge is 2.30. The van der Waals surface area contributed by atoms with Crippen molar-refractivity contribution in [3.63, 3.8) is 0 Å². The van der Waals surface area contributed by atoms with Crippen LogP contribution in [0.1, 0.15) is 37.4 Å². The van der Waals surface area contributed by atoms with Gasteiger partial charge < -0.3 is 20.9 Å². The molecule has 1 saturated heterocycles. The Bertz CT molecular complexity index is 456. The maximum Gasteiger partial charge on any atom is 0.136 e. The number of aromatic nitrogens is 2. The molecule has 6 heteroatoms. The van der Waals surface area contributed by atoms with Gasteiger partial charge in [-0.3, -0.25) is 0 Å². The Hall–Kier alpha value is -1.40. The van der Waals surface area contributed by atoms with Gasteiger partial charge in [-0.25, -0.2) is 9.97 Å². The number of anilines is 2. The van der Waals surface area contributed by atoms with Crippen LogP contribution in [0.5, 0.6) is 0 Å². The fraction of sp³-hybridized carbons (Fsp3) is 0.692. The zero-order valence-electron chi connectivity index (χ0n) is 10.9. The lowest BCUT2D eigenvalue weighted by molar-refractivity contribution is -0.0543. The van der Waals surface area contributed by atoms with Gasteiger partial charge in [-0.2, -0.15) is 0 Å². The number of nitrogens with two attached hydrogens (primary N) is 1. The predicted molar refractivity (Wildman–Crippen MR) is 71.9 cm³/mol. The average Bonchev–Trinajstić information content (AvgIpc) is 3.21. The molecule has 19 heavy (non-hydrogen) atoms. The molecule has 3 rings (SSSR count). The fourth-order valence-electron chi connectivity index (χ4n) is 2.28. The highest BCUT2D eigenvalue weighted by atomic mass is 16.5. The highest BCUT2D eigenvalue weighted by Crippen LogP contribution is 2.38. The van der Waals surface area contributed by atoms with E-state index in [0.29, 0.717) is 50.2 Å². The SMILES string of the molecule is Nc1cc(NCC2(O)CCOCC2)nc(C2CC2)n1. The summed E-state index contributed by atoms with van der Waals surface area (Å²) in [6.07, 6.45) is 3.58. The summed E-state index contributed by atoms with van der Waals surface area (Å²) >= 11 is 0. The molecule has 6 nitrogen and oxygen atoms in total. The number of ether oxygens (including phenoxy) is 1. The number of hydrogen-bond acceptors (Lipinski definition) is 6. The molecule has 104 valence electrons. The van der Waals surface area contributed by atoms with Crippen LogP contribution in [0.3, 0.4) is 0 Å². The minimum Gasteiger partial charge on any atom is -0.388 e.